The number of nitrogens with zero attached hydrogens (tertiary/aromatic N) is 1. The number of halogens is 5. The predicted octanol–water partition coefficient (Wildman–Crippen LogP) is 4.11. The Morgan fingerprint density at radius 2 is 1.86 bits per heavy atom. The Bertz CT molecular complexity index is 978. The van der Waals surface area contributed by atoms with E-state index in [-0.39, 0.29) is 41.5 Å². The molecule has 0 amide bonds. The Hall–Kier alpha value is -2.51. The number of rotatable bonds is 8. The first-order valence-corrected chi connectivity index (χ1v) is 10.0. The number of H-pyrrole nitrogens is 1. The van der Waals surface area contributed by atoms with Crippen LogP contribution in [0.5, 0.6) is 0 Å². The highest BCUT2D eigenvalue weighted by Gasteiger charge is 2.65. The molecule has 1 aromatic heterocycles. The molecule has 29 heavy (non-hydrogen) atoms. The summed E-state index contributed by atoms with van der Waals surface area (Å²) < 4.78 is 69.1. The molecule has 0 aliphatic rings. The highest BCUT2D eigenvalue weighted by Crippen LogP contribution is 3.02. The summed E-state index contributed by atoms with van der Waals surface area (Å²) in [6.07, 6.45) is 0. The molecular formula is C16H19F5N4O3S. The van der Waals surface area contributed by atoms with Gasteiger partial charge in [-0.1, -0.05) is 31.6 Å². The largest absolute Gasteiger partial charge is 0.390 e. The van der Waals surface area contributed by atoms with Gasteiger partial charge in [0.15, 0.2) is 0 Å². The van der Waals surface area contributed by atoms with Crippen LogP contribution in [0.2, 0.25) is 0 Å². The van der Waals surface area contributed by atoms with Gasteiger partial charge in [0, 0.05) is 13.2 Å². The van der Waals surface area contributed by atoms with Crippen molar-refractivity contribution in [1.29, 1.82) is 5.41 Å². The van der Waals surface area contributed by atoms with Crippen molar-refractivity contribution < 1.29 is 29.3 Å². The third kappa shape index (κ3) is 5.52. The molecule has 1 aromatic carbocycles. The second-order valence-electron chi connectivity index (χ2n) is 6.21. The third-order valence-corrected chi connectivity index (χ3v) is 5.05. The second kappa shape index (κ2) is 7.07. The average molecular weight is 442 g/mol. The van der Waals surface area contributed by atoms with Crippen LogP contribution in [0.1, 0.15) is 29.9 Å². The second-order valence-corrected chi connectivity index (χ2v) is 8.62. The number of ether oxygens (including phenoxy) is 1. The molecule has 0 saturated carbocycles. The number of methoxy groups -OCH3 is 1. The summed E-state index contributed by atoms with van der Waals surface area (Å²) in [5.74, 6) is 0.00194. The summed E-state index contributed by atoms with van der Waals surface area (Å²) in [4.78, 5) is 16.7. The average Bonchev–Trinajstić information content (AvgIpc) is 2.59. The molecule has 0 fully saturated rings. The fourth-order valence-corrected chi connectivity index (χ4v) is 3.14. The molecule has 7 nitrogen and oxygen atoms in total. The van der Waals surface area contributed by atoms with E-state index in [1.807, 2.05) is 0 Å². The minimum atomic E-state index is -9.78. The Morgan fingerprint density at radius 1 is 1.28 bits per heavy atom. The fourth-order valence-electron chi connectivity index (χ4n) is 2.49. The van der Waals surface area contributed by atoms with Gasteiger partial charge in [-0.2, -0.15) is 0 Å². The first-order chi connectivity index (χ1) is 13.2. The van der Waals surface area contributed by atoms with E-state index in [1.165, 1.54) is 14.0 Å². The number of aliphatic hydroxyl groups excluding tert-OH is 1. The van der Waals surface area contributed by atoms with E-state index in [0.29, 0.717) is 0 Å². The van der Waals surface area contributed by atoms with Crippen molar-refractivity contribution in [3.8, 4) is 0 Å². The molecular weight excluding hydrogens is 423 g/mol. The number of nitrogens with one attached hydrogen (secondary N) is 3. The van der Waals surface area contributed by atoms with E-state index in [1.54, 1.807) is 0 Å². The summed E-state index contributed by atoms with van der Waals surface area (Å²) in [6.45, 7) is 0.680. The lowest BCUT2D eigenvalue weighted by Gasteiger charge is -2.40. The van der Waals surface area contributed by atoms with Crippen LogP contribution in [0.3, 0.4) is 0 Å². The first kappa shape index (κ1) is 22.8. The van der Waals surface area contributed by atoms with Crippen LogP contribution in [-0.2, 0) is 11.3 Å². The number of aliphatic hydroxyl groups is 1. The van der Waals surface area contributed by atoms with Crippen molar-refractivity contribution in [2.45, 2.75) is 24.5 Å². The van der Waals surface area contributed by atoms with Crippen LogP contribution in [0.25, 0.3) is 0 Å². The lowest BCUT2D eigenvalue weighted by molar-refractivity contribution is 0.177. The van der Waals surface area contributed by atoms with E-state index in [2.05, 4.69) is 15.3 Å². The van der Waals surface area contributed by atoms with Gasteiger partial charge in [-0.25, -0.2) is 4.98 Å². The van der Waals surface area contributed by atoms with Gasteiger partial charge in [-0.15, -0.1) is 0 Å². The van der Waals surface area contributed by atoms with Gasteiger partial charge in [0.1, 0.15) is 28.7 Å². The van der Waals surface area contributed by atoms with Gasteiger partial charge in [0.2, 0.25) is 0 Å². The Labute approximate surface area is 162 Å². The SMILES string of the molecule is COCc1nc(NC(C)c2ccc(S(F)(F)(F)(F)F)cc2)c(C(=N)CO)c(=O)[nH]1. The first-order valence-electron chi connectivity index (χ1n) is 8.07. The zero-order chi connectivity index (χ0) is 22.1. The highest BCUT2D eigenvalue weighted by molar-refractivity contribution is 8.45. The van der Waals surface area contributed by atoms with Crippen LogP contribution in [0.4, 0.5) is 25.2 Å². The minimum absolute atomic E-state index is 0.0658. The van der Waals surface area contributed by atoms with Crippen LogP contribution in [0, 0.1) is 5.41 Å². The van der Waals surface area contributed by atoms with Gasteiger partial charge in [-0.05, 0) is 24.6 Å². The molecule has 0 saturated heterocycles. The molecule has 0 aliphatic carbocycles. The van der Waals surface area contributed by atoms with Gasteiger partial charge in [-0.3, -0.25) is 4.79 Å². The molecule has 0 radical (unpaired) electrons. The number of benzene rings is 1. The summed E-state index contributed by atoms with van der Waals surface area (Å²) in [5, 5.41) is 19.7. The number of hydrogen-bond acceptors (Lipinski definition) is 6. The number of aromatic amines is 1. The smallest absolute Gasteiger partial charge is 0.310 e. The quantitative estimate of drug-likeness (QED) is 0.363. The summed E-state index contributed by atoms with van der Waals surface area (Å²) in [5.41, 5.74) is -1.22. The van der Waals surface area contributed by atoms with Crippen molar-refractivity contribution in [3.05, 3.63) is 51.6 Å². The van der Waals surface area contributed by atoms with Crippen LogP contribution in [-0.4, -0.2) is 34.5 Å². The summed E-state index contributed by atoms with van der Waals surface area (Å²) >= 11 is 0. The Balaban J connectivity index is 2.41. The topological polar surface area (TPSA) is 111 Å². The zero-order valence-corrected chi connectivity index (χ0v) is 16.1. The van der Waals surface area contributed by atoms with Crippen molar-refractivity contribution in [2.24, 2.45) is 0 Å². The van der Waals surface area contributed by atoms with Gasteiger partial charge in [0.05, 0.1) is 12.3 Å². The van der Waals surface area contributed by atoms with E-state index in [9.17, 15) is 29.3 Å². The monoisotopic (exact) mass is 442 g/mol. The molecule has 1 atom stereocenters. The molecule has 13 heteroatoms. The zero-order valence-electron chi connectivity index (χ0n) is 15.3. The van der Waals surface area contributed by atoms with E-state index in [4.69, 9.17) is 10.1 Å². The summed E-state index contributed by atoms with van der Waals surface area (Å²) in [7, 11) is -8.42. The lowest BCUT2D eigenvalue weighted by atomic mass is 10.1. The standard InChI is InChI=1S/C16H19F5N4O3S/c1-9(10-3-5-11(6-4-10)29(17,18,19,20)21)23-15-14(12(22)7-26)16(27)25-13(24-15)8-28-2/h3-6,9,22,26H,7-8H2,1-2H3,(H2,23,24,25,27). The Kier molecular flexibility index (Phi) is 5.56. The van der Waals surface area contributed by atoms with Gasteiger partial charge < -0.3 is 25.6 Å². The molecule has 1 unspecified atom stereocenters. The normalized spacial score (nSPS) is 15.3. The van der Waals surface area contributed by atoms with Gasteiger partial charge in [0.25, 0.3) is 5.56 Å². The maximum Gasteiger partial charge on any atom is 0.310 e. The predicted molar refractivity (Wildman–Crippen MR) is 99.4 cm³/mol. The maximum atomic E-state index is 12.8. The number of hydrogen-bond donors (Lipinski definition) is 4. The van der Waals surface area contributed by atoms with Crippen molar-refractivity contribution in [1.82, 2.24) is 9.97 Å². The van der Waals surface area contributed by atoms with Gasteiger partial charge >= 0.3 is 10.2 Å². The highest BCUT2D eigenvalue weighted by atomic mass is 32.5. The van der Waals surface area contributed by atoms with Crippen LogP contribution < -0.4 is 10.9 Å². The molecule has 2 aromatic rings. The van der Waals surface area contributed by atoms with Crippen molar-refractivity contribution >= 4 is 21.8 Å². The van der Waals surface area contributed by atoms with E-state index in [0.717, 1.165) is 12.1 Å². The molecule has 2 rings (SSSR count). The Morgan fingerprint density at radius 3 is 2.34 bits per heavy atom. The minimum Gasteiger partial charge on any atom is -0.390 e. The van der Waals surface area contributed by atoms with Crippen LogP contribution >= 0.6 is 10.2 Å². The van der Waals surface area contributed by atoms with Crippen molar-refractivity contribution in [3.63, 3.8) is 0 Å². The molecule has 0 bridgehead atoms. The molecule has 0 spiro atoms. The summed E-state index contributed by atoms with van der Waals surface area (Å²) in [6, 6.07) is 1.56. The number of anilines is 1. The lowest BCUT2D eigenvalue weighted by Crippen LogP contribution is -2.26. The molecule has 1 heterocycles. The van der Waals surface area contributed by atoms with E-state index < -0.39 is 39.0 Å². The fraction of sp³-hybridized carbons (Fsp3) is 0.312. The molecule has 4 N–H and O–H groups in total. The maximum absolute atomic E-state index is 12.8. The van der Waals surface area contributed by atoms with Crippen LogP contribution in [0.15, 0.2) is 34.0 Å². The van der Waals surface area contributed by atoms with Crippen molar-refractivity contribution in [2.75, 3.05) is 19.0 Å². The third-order valence-electron chi connectivity index (χ3n) is 3.89. The number of aromatic nitrogens is 2. The molecule has 0 aliphatic heterocycles. The molecule has 162 valence electrons. The van der Waals surface area contributed by atoms with E-state index >= 15 is 0 Å².